The van der Waals surface area contributed by atoms with Gasteiger partial charge >= 0.3 is 0 Å². The zero-order valence-corrected chi connectivity index (χ0v) is 10.9. The molecule has 0 aliphatic heterocycles. The number of hydrogen-bond donors (Lipinski definition) is 2. The minimum absolute atomic E-state index is 0.0637. The van der Waals surface area contributed by atoms with Crippen molar-refractivity contribution >= 4 is 5.91 Å². The Morgan fingerprint density at radius 3 is 2.83 bits per heavy atom. The maximum absolute atomic E-state index is 12.0. The molecule has 1 atom stereocenters. The number of carbonyl (C=O) groups excluding carboxylic acids is 1. The van der Waals surface area contributed by atoms with Crippen LogP contribution in [-0.2, 0) is 0 Å². The van der Waals surface area contributed by atoms with Gasteiger partial charge in [-0.1, -0.05) is 0 Å². The predicted octanol–water partition coefficient (Wildman–Crippen LogP) is 1.47. The Labute approximate surface area is 108 Å². The zero-order chi connectivity index (χ0) is 13.1. The highest BCUT2D eigenvalue weighted by Crippen LogP contribution is 2.31. The van der Waals surface area contributed by atoms with Gasteiger partial charge in [0.15, 0.2) is 0 Å². The molecule has 1 aliphatic rings. The Morgan fingerprint density at radius 1 is 1.56 bits per heavy atom. The molecule has 4 heteroatoms. The molecule has 0 saturated heterocycles. The van der Waals surface area contributed by atoms with E-state index in [9.17, 15) is 4.79 Å². The molecular formula is C14H20N2O2. The lowest BCUT2D eigenvalue weighted by atomic mass is 10.1. The first-order valence-electron chi connectivity index (χ1n) is 6.30. The SMILES string of the molecule is COc1ccc(C(=O)NCC(N)C2CC2)c(C)c1. The molecule has 1 aromatic carbocycles. The molecule has 1 aliphatic carbocycles. The number of benzene rings is 1. The summed E-state index contributed by atoms with van der Waals surface area (Å²) in [4.78, 5) is 12.0. The van der Waals surface area contributed by atoms with E-state index >= 15 is 0 Å². The molecule has 1 unspecified atom stereocenters. The average molecular weight is 248 g/mol. The van der Waals surface area contributed by atoms with Gasteiger partial charge in [-0.05, 0) is 49.4 Å². The van der Waals surface area contributed by atoms with Crippen LogP contribution in [-0.4, -0.2) is 25.6 Å². The van der Waals surface area contributed by atoms with Gasteiger partial charge in [-0.15, -0.1) is 0 Å². The van der Waals surface area contributed by atoms with Crippen LogP contribution < -0.4 is 15.8 Å². The fourth-order valence-electron chi connectivity index (χ4n) is 2.01. The largest absolute Gasteiger partial charge is 0.497 e. The topological polar surface area (TPSA) is 64.3 Å². The molecule has 98 valence electrons. The Bertz CT molecular complexity index is 441. The number of amides is 1. The maximum Gasteiger partial charge on any atom is 0.251 e. The Hall–Kier alpha value is -1.55. The number of carbonyl (C=O) groups is 1. The lowest BCUT2D eigenvalue weighted by Gasteiger charge is -2.13. The number of hydrogen-bond acceptors (Lipinski definition) is 3. The fourth-order valence-corrected chi connectivity index (χ4v) is 2.01. The van der Waals surface area contributed by atoms with Crippen molar-refractivity contribution in [3.8, 4) is 5.75 Å². The molecule has 2 rings (SSSR count). The van der Waals surface area contributed by atoms with Gasteiger partial charge in [-0.2, -0.15) is 0 Å². The van der Waals surface area contributed by atoms with E-state index in [2.05, 4.69) is 5.32 Å². The highest BCUT2D eigenvalue weighted by molar-refractivity contribution is 5.95. The highest BCUT2D eigenvalue weighted by atomic mass is 16.5. The van der Waals surface area contributed by atoms with Gasteiger partial charge in [0.1, 0.15) is 5.75 Å². The summed E-state index contributed by atoms with van der Waals surface area (Å²) in [7, 11) is 1.61. The first kappa shape index (κ1) is 12.9. The molecule has 1 amide bonds. The highest BCUT2D eigenvalue weighted by Gasteiger charge is 2.28. The van der Waals surface area contributed by atoms with Gasteiger partial charge in [-0.25, -0.2) is 0 Å². The summed E-state index contributed by atoms with van der Waals surface area (Å²) in [6.45, 7) is 2.45. The summed E-state index contributed by atoms with van der Waals surface area (Å²) in [5, 5.41) is 2.89. The van der Waals surface area contributed by atoms with Crippen molar-refractivity contribution < 1.29 is 9.53 Å². The summed E-state index contributed by atoms with van der Waals surface area (Å²) >= 11 is 0. The number of methoxy groups -OCH3 is 1. The smallest absolute Gasteiger partial charge is 0.251 e. The van der Waals surface area contributed by atoms with Crippen LogP contribution in [0.5, 0.6) is 5.75 Å². The first-order valence-corrected chi connectivity index (χ1v) is 6.30. The van der Waals surface area contributed by atoms with Crippen LogP contribution in [0.4, 0.5) is 0 Å². The fraction of sp³-hybridized carbons (Fsp3) is 0.500. The standard InChI is InChI=1S/C14H20N2O2/c1-9-7-11(18-2)5-6-12(9)14(17)16-8-13(15)10-3-4-10/h5-7,10,13H,3-4,8,15H2,1-2H3,(H,16,17). The summed E-state index contributed by atoms with van der Waals surface area (Å²) in [6.07, 6.45) is 2.39. The summed E-state index contributed by atoms with van der Waals surface area (Å²) in [5.74, 6) is 1.30. The van der Waals surface area contributed by atoms with Crippen molar-refractivity contribution in [1.82, 2.24) is 5.32 Å². The Kier molecular flexibility index (Phi) is 3.87. The van der Waals surface area contributed by atoms with E-state index in [-0.39, 0.29) is 11.9 Å². The van der Waals surface area contributed by atoms with Gasteiger partial charge in [0.2, 0.25) is 0 Å². The van der Waals surface area contributed by atoms with E-state index in [4.69, 9.17) is 10.5 Å². The van der Waals surface area contributed by atoms with Gasteiger partial charge in [0.05, 0.1) is 7.11 Å². The van der Waals surface area contributed by atoms with Crippen molar-refractivity contribution in [3.63, 3.8) is 0 Å². The Balaban J connectivity index is 1.95. The van der Waals surface area contributed by atoms with Crippen LogP contribution >= 0.6 is 0 Å². The molecule has 0 aromatic heterocycles. The number of rotatable bonds is 5. The van der Waals surface area contributed by atoms with Gasteiger partial charge in [-0.3, -0.25) is 4.79 Å². The molecule has 1 saturated carbocycles. The van der Waals surface area contributed by atoms with Crippen LogP contribution in [0.3, 0.4) is 0 Å². The molecule has 0 radical (unpaired) electrons. The van der Waals surface area contributed by atoms with E-state index in [1.54, 1.807) is 19.2 Å². The van der Waals surface area contributed by atoms with Crippen molar-refractivity contribution in [2.75, 3.05) is 13.7 Å². The number of ether oxygens (including phenoxy) is 1. The van der Waals surface area contributed by atoms with E-state index in [1.165, 1.54) is 12.8 Å². The molecule has 3 N–H and O–H groups in total. The van der Waals surface area contributed by atoms with E-state index < -0.39 is 0 Å². The van der Waals surface area contributed by atoms with Crippen LogP contribution in [0, 0.1) is 12.8 Å². The van der Waals surface area contributed by atoms with Gasteiger partial charge in [0.25, 0.3) is 5.91 Å². The first-order chi connectivity index (χ1) is 8.61. The zero-order valence-electron chi connectivity index (χ0n) is 10.9. The lowest BCUT2D eigenvalue weighted by Crippen LogP contribution is -2.38. The van der Waals surface area contributed by atoms with Crippen LogP contribution in [0.2, 0.25) is 0 Å². The molecule has 0 heterocycles. The second-order valence-corrected chi connectivity index (χ2v) is 4.89. The second kappa shape index (κ2) is 5.40. The monoisotopic (exact) mass is 248 g/mol. The average Bonchev–Trinajstić information content (AvgIpc) is 3.19. The quantitative estimate of drug-likeness (QED) is 0.829. The van der Waals surface area contributed by atoms with Crippen molar-refractivity contribution in [2.45, 2.75) is 25.8 Å². The Morgan fingerprint density at radius 2 is 2.28 bits per heavy atom. The van der Waals surface area contributed by atoms with Crippen molar-refractivity contribution in [2.24, 2.45) is 11.7 Å². The molecule has 0 bridgehead atoms. The van der Waals surface area contributed by atoms with E-state index in [0.29, 0.717) is 18.0 Å². The summed E-state index contributed by atoms with van der Waals surface area (Å²) in [6, 6.07) is 5.53. The third kappa shape index (κ3) is 3.01. The van der Waals surface area contributed by atoms with Crippen molar-refractivity contribution in [3.05, 3.63) is 29.3 Å². The van der Waals surface area contributed by atoms with Crippen molar-refractivity contribution in [1.29, 1.82) is 0 Å². The lowest BCUT2D eigenvalue weighted by molar-refractivity contribution is 0.0949. The molecule has 4 nitrogen and oxygen atoms in total. The van der Waals surface area contributed by atoms with Crippen LogP contribution in [0.1, 0.15) is 28.8 Å². The summed E-state index contributed by atoms with van der Waals surface area (Å²) < 4.78 is 5.12. The minimum atomic E-state index is -0.0637. The third-order valence-electron chi connectivity index (χ3n) is 3.40. The molecule has 18 heavy (non-hydrogen) atoms. The molecule has 0 spiro atoms. The molecule has 1 aromatic rings. The third-order valence-corrected chi connectivity index (χ3v) is 3.40. The maximum atomic E-state index is 12.0. The predicted molar refractivity (Wildman–Crippen MR) is 70.8 cm³/mol. The second-order valence-electron chi connectivity index (χ2n) is 4.89. The number of nitrogens with one attached hydrogen (secondary N) is 1. The van der Waals surface area contributed by atoms with Crippen LogP contribution in [0.25, 0.3) is 0 Å². The van der Waals surface area contributed by atoms with Crippen LogP contribution in [0.15, 0.2) is 18.2 Å². The molecular weight excluding hydrogens is 228 g/mol. The molecule has 1 fully saturated rings. The van der Waals surface area contributed by atoms with E-state index in [1.807, 2.05) is 13.0 Å². The minimum Gasteiger partial charge on any atom is -0.497 e. The van der Waals surface area contributed by atoms with Gasteiger partial charge < -0.3 is 15.8 Å². The van der Waals surface area contributed by atoms with Gasteiger partial charge in [0, 0.05) is 18.2 Å². The number of aryl methyl sites for hydroxylation is 1. The normalized spacial score (nSPS) is 16.2. The number of nitrogens with two attached hydrogens (primary N) is 1. The summed E-state index contributed by atoms with van der Waals surface area (Å²) in [5.41, 5.74) is 7.54. The van der Waals surface area contributed by atoms with E-state index in [0.717, 1.165) is 11.3 Å².